The molecule has 0 spiro atoms. The molecule has 2 N–H and O–H groups in total. The van der Waals surface area contributed by atoms with Gasteiger partial charge in [-0.3, -0.25) is 9.59 Å². The molecule has 8 heteroatoms. The highest BCUT2D eigenvalue weighted by Crippen LogP contribution is 2.22. The Bertz CT molecular complexity index is 1060. The van der Waals surface area contributed by atoms with Crippen LogP contribution in [0, 0.1) is 0 Å². The predicted molar refractivity (Wildman–Crippen MR) is 118 cm³/mol. The second kappa shape index (κ2) is 9.14. The summed E-state index contributed by atoms with van der Waals surface area (Å²) in [5, 5.41) is 7.35. The molecule has 0 aliphatic heterocycles. The van der Waals surface area contributed by atoms with Crippen molar-refractivity contribution in [2.75, 3.05) is 5.32 Å². The number of hydrogen-bond acceptors (Lipinski definition) is 4. The number of nitrogens with zero attached hydrogens (tertiary/aromatic N) is 1. The molecule has 28 heavy (non-hydrogen) atoms. The number of hydrazone groups is 1. The normalized spacial score (nSPS) is 11.2. The van der Waals surface area contributed by atoms with Crippen molar-refractivity contribution >= 4 is 62.1 Å². The molecular weight excluding hydrogens is 462 g/mol. The molecule has 0 radical (unpaired) electrons. The number of benzene rings is 2. The summed E-state index contributed by atoms with van der Waals surface area (Å²) in [5.41, 5.74) is 4.91. The van der Waals surface area contributed by atoms with Crippen LogP contribution in [0.25, 0.3) is 0 Å². The summed E-state index contributed by atoms with van der Waals surface area (Å²) in [6.45, 7) is 1.78. The van der Waals surface area contributed by atoms with Gasteiger partial charge in [-0.15, -0.1) is 11.3 Å². The Kier molecular flexibility index (Phi) is 6.61. The molecule has 0 fully saturated rings. The van der Waals surface area contributed by atoms with Gasteiger partial charge in [0.15, 0.2) is 0 Å². The highest BCUT2D eigenvalue weighted by molar-refractivity contribution is 9.11. The molecule has 0 aliphatic rings. The molecule has 3 aromatic rings. The van der Waals surface area contributed by atoms with Crippen LogP contribution >= 0.6 is 38.9 Å². The van der Waals surface area contributed by atoms with E-state index in [9.17, 15) is 9.59 Å². The van der Waals surface area contributed by atoms with E-state index < -0.39 is 0 Å². The summed E-state index contributed by atoms with van der Waals surface area (Å²) in [6.07, 6.45) is 0. The van der Waals surface area contributed by atoms with Gasteiger partial charge in [0.2, 0.25) is 0 Å². The quantitative estimate of drug-likeness (QED) is 0.373. The zero-order valence-electron chi connectivity index (χ0n) is 14.7. The van der Waals surface area contributed by atoms with Crippen LogP contribution in [-0.4, -0.2) is 17.5 Å². The lowest BCUT2D eigenvalue weighted by molar-refractivity contribution is 0.0958. The number of nitrogens with one attached hydrogen (secondary N) is 2. The van der Waals surface area contributed by atoms with Crippen molar-refractivity contribution in [2.45, 2.75) is 6.92 Å². The fraction of sp³-hybridized carbons (Fsp3) is 0.0500. The van der Waals surface area contributed by atoms with Crippen LogP contribution in [0.15, 0.2) is 69.6 Å². The van der Waals surface area contributed by atoms with Crippen molar-refractivity contribution in [3.63, 3.8) is 0 Å². The zero-order chi connectivity index (χ0) is 20.1. The Morgan fingerprint density at radius 3 is 2.54 bits per heavy atom. The number of carbonyl (C=O) groups is 2. The van der Waals surface area contributed by atoms with E-state index in [4.69, 9.17) is 11.6 Å². The molecule has 0 saturated heterocycles. The largest absolute Gasteiger partial charge is 0.322 e. The van der Waals surface area contributed by atoms with E-state index in [0.717, 1.165) is 9.35 Å². The highest BCUT2D eigenvalue weighted by Gasteiger charge is 2.11. The molecule has 0 saturated carbocycles. The van der Waals surface area contributed by atoms with Gasteiger partial charge in [-0.1, -0.05) is 35.9 Å². The lowest BCUT2D eigenvalue weighted by atomic mass is 10.1. The molecule has 0 unspecified atom stereocenters. The first-order valence-electron chi connectivity index (χ1n) is 8.20. The monoisotopic (exact) mass is 475 g/mol. The smallest absolute Gasteiger partial charge is 0.281 e. The summed E-state index contributed by atoms with van der Waals surface area (Å²) in [6, 6.07) is 17.6. The van der Waals surface area contributed by atoms with Crippen LogP contribution in [-0.2, 0) is 0 Å². The summed E-state index contributed by atoms with van der Waals surface area (Å²) in [7, 11) is 0. The number of carbonyl (C=O) groups excluding carboxylic acids is 2. The van der Waals surface area contributed by atoms with Crippen LogP contribution in [0.5, 0.6) is 0 Å². The Labute approximate surface area is 179 Å². The SMILES string of the molecule is C/C(=N\NC(=O)c1ccc(Br)s1)c1cccc(NC(=O)c2ccccc2Cl)c1. The second-order valence-corrected chi connectivity index (χ2v) is 8.63. The van der Waals surface area contributed by atoms with Gasteiger partial charge in [0.1, 0.15) is 0 Å². The number of anilines is 1. The summed E-state index contributed by atoms with van der Waals surface area (Å²) in [5.74, 6) is -0.577. The van der Waals surface area contributed by atoms with E-state index in [1.54, 1.807) is 61.5 Å². The van der Waals surface area contributed by atoms with E-state index in [2.05, 4.69) is 31.8 Å². The van der Waals surface area contributed by atoms with Gasteiger partial charge in [-0.2, -0.15) is 5.10 Å². The molecule has 142 valence electrons. The number of thiophene rings is 1. The van der Waals surface area contributed by atoms with Crippen LogP contribution in [0.1, 0.15) is 32.5 Å². The molecule has 3 rings (SSSR count). The molecule has 0 bridgehead atoms. The van der Waals surface area contributed by atoms with Crippen molar-refractivity contribution in [3.8, 4) is 0 Å². The topological polar surface area (TPSA) is 70.6 Å². The van der Waals surface area contributed by atoms with Gasteiger partial charge < -0.3 is 5.32 Å². The maximum Gasteiger partial charge on any atom is 0.281 e. The van der Waals surface area contributed by atoms with Crippen LogP contribution in [0.3, 0.4) is 0 Å². The number of hydrogen-bond donors (Lipinski definition) is 2. The fourth-order valence-corrected chi connectivity index (χ4v) is 3.85. The number of amides is 2. The first kappa shape index (κ1) is 20.3. The molecule has 5 nitrogen and oxygen atoms in total. The minimum Gasteiger partial charge on any atom is -0.322 e. The van der Waals surface area contributed by atoms with Crippen molar-refractivity contribution < 1.29 is 9.59 Å². The van der Waals surface area contributed by atoms with Gasteiger partial charge in [0, 0.05) is 5.69 Å². The maximum absolute atomic E-state index is 12.4. The average Bonchev–Trinajstić information content (AvgIpc) is 3.13. The van der Waals surface area contributed by atoms with Gasteiger partial charge in [0.25, 0.3) is 11.8 Å². The Balaban J connectivity index is 1.70. The third-order valence-corrected chi connectivity index (χ3v) is 5.73. The first-order chi connectivity index (χ1) is 13.4. The van der Waals surface area contributed by atoms with Crippen molar-refractivity contribution in [1.82, 2.24) is 5.43 Å². The first-order valence-corrected chi connectivity index (χ1v) is 10.2. The maximum atomic E-state index is 12.4. The molecular formula is C20H15BrClN3O2S. The minimum atomic E-state index is -0.297. The highest BCUT2D eigenvalue weighted by atomic mass is 79.9. The number of halogens is 2. The second-order valence-electron chi connectivity index (χ2n) is 5.76. The molecule has 0 atom stereocenters. The van der Waals surface area contributed by atoms with E-state index in [1.165, 1.54) is 11.3 Å². The Hall–Kier alpha value is -2.48. The molecule has 1 heterocycles. The summed E-state index contributed by atoms with van der Waals surface area (Å²) in [4.78, 5) is 25.1. The van der Waals surface area contributed by atoms with Gasteiger partial charge in [0.05, 0.1) is 25.0 Å². The average molecular weight is 477 g/mol. The van der Waals surface area contributed by atoms with E-state index >= 15 is 0 Å². The standard InChI is InChI=1S/C20H15BrClN3O2S/c1-12(24-25-20(27)17-9-10-18(21)28-17)13-5-4-6-14(11-13)23-19(26)15-7-2-3-8-16(15)22/h2-11H,1H3,(H,23,26)(H,25,27)/b24-12+. The zero-order valence-corrected chi connectivity index (χ0v) is 17.9. The van der Waals surface area contributed by atoms with Crippen LogP contribution < -0.4 is 10.7 Å². The van der Waals surface area contributed by atoms with Gasteiger partial charge >= 0.3 is 0 Å². The third kappa shape index (κ3) is 5.07. The Morgan fingerprint density at radius 1 is 1.04 bits per heavy atom. The van der Waals surface area contributed by atoms with Crippen molar-refractivity contribution in [2.24, 2.45) is 5.10 Å². The lowest BCUT2D eigenvalue weighted by Crippen LogP contribution is -2.18. The fourth-order valence-electron chi connectivity index (χ4n) is 2.36. The minimum absolute atomic E-state index is 0.279. The van der Waals surface area contributed by atoms with E-state index in [0.29, 0.717) is 26.9 Å². The van der Waals surface area contributed by atoms with Crippen LogP contribution in [0.4, 0.5) is 5.69 Å². The third-order valence-electron chi connectivity index (χ3n) is 3.78. The van der Waals surface area contributed by atoms with E-state index in [-0.39, 0.29) is 11.8 Å². The predicted octanol–water partition coefficient (Wildman–Crippen LogP) is 5.57. The van der Waals surface area contributed by atoms with Gasteiger partial charge in [-0.25, -0.2) is 5.43 Å². The Morgan fingerprint density at radius 2 is 1.82 bits per heavy atom. The van der Waals surface area contributed by atoms with Crippen molar-refractivity contribution in [3.05, 3.63) is 85.5 Å². The molecule has 2 aromatic carbocycles. The number of rotatable bonds is 5. The van der Waals surface area contributed by atoms with Crippen LogP contribution in [0.2, 0.25) is 5.02 Å². The molecule has 1 aromatic heterocycles. The molecule has 0 aliphatic carbocycles. The summed E-state index contributed by atoms with van der Waals surface area (Å²) < 4.78 is 0.875. The molecule has 2 amide bonds. The lowest BCUT2D eigenvalue weighted by Gasteiger charge is -2.08. The van der Waals surface area contributed by atoms with E-state index in [1.807, 2.05) is 6.07 Å². The van der Waals surface area contributed by atoms with Crippen molar-refractivity contribution in [1.29, 1.82) is 0 Å². The van der Waals surface area contributed by atoms with Gasteiger partial charge in [-0.05, 0) is 64.8 Å². The summed E-state index contributed by atoms with van der Waals surface area (Å²) >= 11 is 10.7.